The first-order chi connectivity index (χ1) is 4.30. The molecule has 10 heavy (non-hydrogen) atoms. The summed E-state index contributed by atoms with van der Waals surface area (Å²) in [5.41, 5.74) is 0.220. The summed E-state index contributed by atoms with van der Waals surface area (Å²) >= 11 is 0. The summed E-state index contributed by atoms with van der Waals surface area (Å²) in [6, 6.07) is 8.06. The molecular weight excluding hydrogens is 257 g/mol. The second-order valence-electron chi connectivity index (χ2n) is 1.65. The van der Waals surface area contributed by atoms with Crippen LogP contribution in [0.25, 0.3) is 0 Å². The van der Waals surface area contributed by atoms with Gasteiger partial charge in [0.2, 0.25) is 0 Å². The minimum atomic E-state index is -1.13. The third kappa shape index (κ3) is 2.76. The Balaban J connectivity index is 0.000000810. The van der Waals surface area contributed by atoms with Gasteiger partial charge in [-0.25, -0.2) is 0 Å². The van der Waals surface area contributed by atoms with Crippen LogP contribution in [0.1, 0.15) is 10.4 Å². The Morgan fingerprint density at radius 3 is 2.00 bits per heavy atom. The average Bonchev–Trinajstić information content (AvgIpc) is 1.90. The molecule has 0 aliphatic carbocycles. The zero-order chi connectivity index (χ0) is 6.69. The van der Waals surface area contributed by atoms with Crippen molar-refractivity contribution >= 4 is 5.97 Å². The molecule has 0 unspecified atom stereocenters. The summed E-state index contributed by atoms with van der Waals surface area (Å²) in [6.45, 7) is 0. The van der Waals surface area contributed by atoms with Crippen LogP contribution in [0.3, 0.4) is 0 Å². The molecule has 0 N–H and O–H groups in total. The van der Waals surface area contributed by atoms with Gasteiger partial charge in [-0.2, -0.15) is 0 Å². The van der Waals surface area contributed by atoms with Gasteiger partial charge < -0.3 is 9.90 Å². The minimum Gasteiger partial charge on any atom is -0.545 e. The fraction of sp³-hybridized carbons (Fsp3) is 0. The van der Waals surface area contributed by atoms with Gasteiger partial charge in [-0.15, -0.1) is 0 Å². The molecule has 0 amide bonds. The van der Waals surface area contributed by atoms with Crippen LogP contribution >= 0.6 is 0 Å². The molecule has 0 heterocycles. The van der Waals surface area contributed by atoms with Crippen molar-refractivity contribution < 1.29 is 51.2 Å². The first-order valence-corrected chi connectivity index (χ1v) is 2.57. The van der Waals surface area contributed by atoms with Crippen LogP contribution < -0.4 is 5.11 Å². The van der Waals surface area contributed by atoms with E-state index in [1.807, 2.05) is 0 Å². The van der Waals surface area contributed by atoms with Crippen molar-refractivity contribution in [2.45, 2.75) is 0 Å². The van der Waals surface area contributed by atoms with Crippen LogP contribution in [-0.2, 0) is 0 Å². The third-order valence-electron chi connectivity index (χ3n) is 1.01. The van der Waals surface area contributed by atoms with Crippen LogP contribution in [0.2, 0.25) is 0 Å². The molecule has 0 aliphatic heterocycles. The van der Waals surface area contributed by atoms with E-state index in [9.17, 15) is 9.90 Å². The normalized spacial score (nSPS) is 8.00. The Morgan fingerprint density at radius 2 is 1.70 bits per heavy atom. The molecule has 0 spiro atoms. The van der Waals surface area contributed by atoms with Crippen molar-refractivity contribution in [3.8, 4) is 0 Å². The Morgan fingerprint density at radius 1 is 1.20 bits per heavy atom. The van der Waals surface area contributed by atoms with Crippen LogP contribution in [0, 0.1) is 41.3 Å². The fourth-order valence-electron chi connectivity index (χ4n) is 0.574. The van der Waals surface area contributed by atoms with Crippen molar-refractivity contribution in [2.24, 2.45) is 0 Å². The van der Waals surface area contributed by atoms with E-state index in [2.05, 4.69) is 0 Å². The van der Waals surface area contributed by atoms with Gasteiger partial charge in [-0.05, 0) is 5.56 Å². The molecule has 0 saturated carbocycles. The SMILES string of the molecule is O=C([O-])c1ccccc1.[Pr+3]. The van der Waals surface area contributed by atoms with Crippen molar-refractivity contribution in [1.29, 1.82) is 0 Å². The number of carboxylic acid groups (broad SMARTS) is 1. The van der Waals surface area contributed by atoms with E-state index in [0.717, 1.165) is 0 Å². The molecule has 0 bridgehead atoms. The van der Waals surface area contributed by atoms with Crippen LogP contribution in [0.5, 0.6) is 0 Å². The van der Waals surface area contributed by atoms with E-state index in [0.29, 0.717) is 0 Å². The maximum Gasteiger partial charge on any atom is 3.00 e. The summed E-state index contributed by atoms with van der Waals surface area (Å²) in [5, 5.41) is 10.1. The fourth-order valence-corrected chi connectivity index (χ4v) is 0.574. The molecule has 0 fully saturated rings. The quantitative estimate of drug-likeness (QED) is 0.717. The number of benzene rings is 1. The maximum atomic E-state index is 10.1. The molecule has 0 radical (unpaired) electrons. The number of hydrogen-bond donors (Lipinski definition) is 0. The van der Waals surface area contributed by atoms with E-state index in [1.165, 1.54) is 12.1 Å². The van der Waals surface area contributed by atoms with Gasteiger partial charge in [0.15, 0.2) is 0 Å². The van der Waals surface area contributed by atoms with Crippen molar-refractivity contribution in [1.82, 2.24) is 0 Å². The average molecular weight is 262 g/mol. The number of rotatable bonds is 1. The number of hydrogen-bond acceptors (Lipinski definition) is 2. The zero-order valence-electron chi connectivity index (χ0n) is 5.28. The van der Waals surface area contributed by atoms with Crippen LogP contribution in [-0.4, -0.2) is 5.97 Å². The van der Waals surface area contributed by atoms with Gasteiger partial charge in [0.1, 0.15) is 0 Å². The zero-order valence-corrected chi connectivity index (χ0v) is 8.98. The predicted octanol–water partition coefficient (Wildman–Crippen LogP) is 0.0501. The van der Waals surface area contributed by atoms with Gasteiger partial charge >= 0.3 is 41.3 Å². The summed E-state index contributed by atoms with van der Waals surface area (Å²) in [5.74, 6) is -1.13. The van der Waals surface area contributed by atoms with Gasteiger partial charge in [0, 0.05) is 0 Å². The number of carboxylic acids is 1. The number of carbonyl (C=O) groups excluding carboxylic acids is 1. The second kappa shape index (κ2) is 4.81. The monoisotopic (exact) mass is 262 g/mol. The molecule has 3 heteroatoms. The Hall–Kier alpha value is 0.0536. The Kier molecular flexibility index (Phi) is 4.83. The maximum absolute atomic E-state index is 10.1. The molecule has 1 aromatic rings. The molecule has 1 rings (SSSR count). The predicted molar refractivity (Wildman–Crippen MR) is 30.8 cm³/mol. The third-order valence-corrected chi connectivity index (χ3v) is 1.01. The van der Waals surface area contributed by atoms with E-state index in [-0.39, 0.29) is 46.9 Å². The first kappa shape index (κ1) is 10.1. The van der Waals surface area contributed by atoms with Crippen LogP contribution in [0.4, 0.5) is 0 Å². The number of aromatic carboxylic acids is 1. The molecule has 0 atom stereocenters. The second-order valence-corrected chi connectivity index (χ2v) is 1.65. The standard InChI is InChI=1S/C7H6O2.Pr/c8-7(9)6-4-2-1-3-5-6;/h1-5H,(H,8,9);/q;+3/p-1. The Bertz CT molecular complexity index is 208. The molecule has 0 saturated heterocycles. The number of carbonyl (C=O) groups is 1. The van der Waals surface area contributed by atoms with Gasteiger partial charge in [0.05, 0.1) is 5.97 Å². The summed E-state index contributed by atoms with van der Waals surface area (Å²) < 4.78 is 0. The topological polar surface area (TPSA) is 40.1 Å². The molecule has 0 aromatic heterocycles. The Labute approximate surface area is 92.2 Å². The minimum absolute atomic E-state index is 0. The summed E-state index contributed by atoms with van der Waals surface area (Å²) in [7, 11) is 0. The van der Waals surface area contributed by atoms with Gasteiger partial charge in [-0.3, -0.25) is 0 Å². The van der Waals surface area contributed by atoms with Gasteiger partial charge in [-0.1, -0.05) is 30.3 Å². The first-order valence-electron chi connectivity index (χ1n) is 2.57. The van der Waals surface area contributed by atoms with Crippen molar-refractivity contribution in [2.75, 3.05) is 0 Å². The summed E-state index contributed by atoms with van der Waals surface area (Å²) in [6.07, 6.45) is 0. The van der Waals surface area contributed by atoms with E-state index in [4.69, 9.17) is 0 Å². The molecule has 1 aromatic carbocycles. The van der Waals surface area contributed by atoms with Crippen molar-refractivity contribution in [3.63, 3.8) is 0 Å². The van der Waals surface area contributed by atoms with Crippen LogP contribution in [0.15, 0.2) is 30.3 Å². The molecule has 46 valence electrons. The smallest absolute Gasteiger partial charge is 0.545 e. The van der Waals surface area contributed by atoms with E-state index >= 15 is 0 Å². The molecule has 0 aliphatic rings. The molecule has 2 nitrogen and oxygen atoms in total. The molecular formula is C7H5O2Pr+2. The van der Waals surface area contributed by atoms with Crippen molar-refractivity contribution in [3.05, 3.63) is 35.9 Å². The largest absolute Gasteiger partial charge is 3.00 e. The van der Waals surface area contributed by atoms with Gasteiger partial charge in [0.25, 0.3) is 0 Å². The van der Waals surface area contributed by atoms with E-state index in [1.54, 1.807) is 18.2 Å². The van der Waals surface area contributed by atoms with E-state index < -0.39 is 5.97 Å². The summed E-state index contributed by atoms with van der Waals surface area (Å²) in [4.78, 5) is 10.1.